The number of carbonyl (C=O) groups is 1. The summed E-state index contributed by atoms with van der Waals surface area (Å²) in [5, 5.41) is 9.91. The number of hydrogen-bond donors (Lipinski definition) is 2. The molecule has 1 aromatic rings. The highest BCUT2D eigenvalue weighted by Crippen LogP contribution is 2.21. The second kappa shape index (κ2) is 4.44. The number of hydrogen-bond acceptors (Lipinski definition) is 4. The van der Waals surface area contributed by atoms with E-state index >= 15 is 0 Å². The smallest absolute Gasteiger partial charge is 0.293 e. The quantitative estimate of drug-likeness (QED) is 0.777. The van der Waals surface area contributed by atoms with Crippen molar-refractivity contribution in [2.75, 3.05) is 20.1 Å². The first-order valence-electron chi connectivity index (χ1n) is 5.91. The molecule has 17 heavy (non-hydrogen) atoms. The average Bonchev–Trinajstić information content (AvgIpc) is 2.76. The third-order valence-corrected chi connectivity index (χ3v) is 3.55. The Morgan fingerprint density at radius 3 is 2.59 bits per heavy atom. The first-order valence-corrected chi connectivity index (χ1v) is 5.91. The van der Waals surface area contributed by atoms with Crippen molar-refractivity contribution in [1.29, 1.82) is 0 Å². The fourth-order valence-electron chi connectivity index (χ4n) is 2.03. The second-order valence-electron chi connectivity index (χ2n) is 4.85. The fraction of sp³-hybridized carbons (Fsp3) is 0.727. The molecule has 0 aromatic carbocycles. The Kier molecular flexibility index (Phi) is 3.15. The summed E-state index contributed by atoms with van der Waals surface area (Å²) < 4.78 is 0. The highest BCUT2D eigenvalue weighted by atomic mass is 16.2. The maximum atomic E-state index is 12.1. The number of aromatic amines is 1. The van der Waals surface area contributed by atoms with Gasteiger partial charge in [-0.25, -0.2) is 4.98 Å². The van der Waals surface area contributed by atoms with Crippen LogP contribution in [0.25, 0.3) is 0 Å². The molecule has 1 saturated heterocycles. The fourth-order valence-corrected chi connectivity index (χ4v) is 2.03. The van der Waals surface area contributed by atoms with Gasteiger partial charge in [-0.1, -0.05) is 0 Å². The van der Waals surface area contributed by atoms with Crippen molar-refractivity contribution in [2.45, 2.75) is 32.2 Å². The summed E-state index contributed by atoms with van der Waals surface area (Å²) in [6.07, 6.45) is 1.91. The molecule has 0 saturated carbocycles. The van der Waals surface area contributed by atoms with Crippen LogP contribution in [0, 0.1) is 6.92 Å². The van der Waals surface area contributed by atoms with E-state index in [9.17, 15) is 4.79 Å². The number of amides is 1. The van der Waals surface area contributed by atoms with E-state index in [4.69, 9.17) is 0 Å². The average molecular weight is 237 g/mol. The molecule has 0 bridgehead atoms. The first-order chi connectivity index (χ1) is 8.04. The SMILES string of the molecule is CNC1(C)CCN(C(=O)c2n[nH]c(C)n2)CC1. The molecule has 6 nitrogen and oxygen atoms in total. The van der Waals surface area contributed by atoms with Crippen molar-refractivity contribution in [1.82, 2.24) is 25.4 Å². The topological polar surface area (TPSA) is 73.9 Å². The molecule has 2 rings (SSSR count). The molecule has 1 aliphatic rings. The molecule has 94 valence electrons. The first kappa shape index (κ1) is 12.0. The van der Waals surface area contributed by atoms with Gasteiger partial charge in [-0.2, -0.15) is 0 Å². The Bertz CT molecular complexity index is 406. The minimum Gasteiger partial charge on any atom is -0.336 e. The molecule has 0 spiro atoms. The lowest BCUT2D eigenvalue weighted by atomic mass is 9.90. The molecule has 2 N–H and O–H groups in total. The van der Waals surface area contributed by atoms with Gasteiger partial charge in [0.1, 0.15) is 5.82 Å². The third kappa shape index (κ3) is 2.46. The van der Waals surface area contributed by atoms with E-state index in [0.717, 1.165) is 25.9 Å². The molecule has 1 amide bonds. The van der Waals surface area contributed by atoms with Crippen molar-refractivity contribution >= 4 is 5.91 Å². The van der Waals surface area contributed by atoms with Crippen LogP contribution in [0.1, 0.15) is 36.2 Å². The van der Waals surface area contributed by atoms with E-state index in [1.165, 1.54) is 0 Å². The minimum absolute atomic E-state index is 0.0764. The number of piperidine rings is 1. The van der Waals surface area contributed by atoms with Crippen LogP contribution in [-0.2, 0) is 0 Å². The van der Waals surface area contributed by atoms with Gasteiger partial charge in [0.25, 0.3) is 5.91 Å². The van der Waals surface area contributed by atoms with E-state index in [1.54, 1.807) is 6.92 Å². The van der Waals surface area contributed by atoms with Crippen molar-refractivity contribution < 1.29 is 4.79 Å². The van der Waals surface area contributed by atoms with Crippen LogP contribution in [0.5, 0.6) is 0 Å². The number of nitrogens with one attached hydrogen (secondary N) is 2. The van der Waals surface area contributed by atoms with Gasteiger partial charge in [0.2, 0.25) is 5.82 Å². The highest BCUT2D eigenvalue weighted by Gasteiger charge is 2.31. The van der Waals surface area contributed by atoms with Crippen LogP contribution < -0.4 is 5.32 Å². The van der Waals surface area contributed by atoms with Crippen molar-refractivity contribution in [3.05, 3.63) is 11.6 Å². The lowest BCUT2D eigenvalue weighted by Gasteiger charge is -2.38. The predicted molar refractivity (Wildman–Crippen MR) is 63.7 cm³/mol. The molecular formula is C11H19N5O. The van der Waals surface area contributed by atoms with E-state index in [1.807, 2.05) is 11.9 Å². The maximum absolute atomic E-state index is 12.1. The Hall–Kier alpha value is -1.43. The molecule has 6 heteroatoms. The Morgan fingerprint density at radius 1 is 1.47 bits per heavy atom. The number of likely N-dealkylation sites (tertiary alicyclic amines) is 1. The largest absolute Gasteiger partial charge is 0.336 e. The van der Waals surface area contributed by atoms with Crippen LogP contribution in [0.3, 0.4) is 0 Å². The summed E-state index contributed by atoms with van der Waals surface area (Å²) in [4.78, 5) is 18.0. The van der Waals surface area contributed by atoms with Gasteiger partial charge < -0.3 is 10.2 Å². The van der Waals surface area contributed by atoms with Crippen molar-refractivity contribution in [3.8, 4) is 0 Å². The Morgan fingerprint density at radius 2 is 2.12 bits per heavy atom. The normalized spacial score (nSPS) is 19.4. The zero-order valence-corrected chi connectivity index (χ0v) is 10.6. The second-order valence-corrected chi connectivity index (χ2v) is 4.85. The molecule has 0 atom stereocenters. The van der Waals surface area contributed by atoms with Gasteiger partial charge in [-0.15, -0.1) is 5.10 Å². The Labute approximate surface area is 101 Å². The van der Waals surface area contributed by atoms with Crippen molar-refractivity contribution in [3.63, 3.8) is 0 Å². The summed E-state index contributed by atoms with van der Waals surface area (Å²) >= 11 is 0. The van der Waals surface area contributed by atoms with Gasteiger partial charge in [0.05, 0.1) is 0 Å². The van der Waals surface area contributed by atoms with E-state index in [0.29, 0.717) is 5.82 Å². The summed E-state index contributed by atoms with van der Waals surface area (Å²) in [5.41, 5.74) is 0.145. The number of nitrogens with zero attached hydrogens (tertiary/aromatic N) is 3. The summed E-state index contributed by atoms with van der Waals surface area (Å²) in [6, 6.07) is 0. The molecular weight excluding hydrogens is 218 g/mol. The van der Waals surface area contributed by atoms with Gasteiger partial charge in [-0.3, -0.25) is 9.89 Å². The lowest BCUT2D eigenvalue weighted by molar-refractivity contribution is 0.0650. The molecule has 1 fully saturated rings. The summed E-state index contributed by atoms with van der Waals surface area (Å²) in [5.74, 6) is 0.869. The number of rotatable bonds is 2. The standard InChI is InChI=1S/C11H19N5O/c1-8-13-9(15-14-8)10(17)16-6-4-11(2,12-3)5-7-16/h12H,4-7H2,1-3H3,(H,13,14,15). The molecule has 2 heterocycles. The van der Waals surface area contributed by atoms with Crippen molar-refractivity contribution in [2.24, 2.45) is 0 Å². The van der Waals surface area contributed by atoms with Gasteiger partial charge in [0.15, 0.2) is 0 Å². The van der Waals surface area contributed by atoms with E-state index in [-0.39, 0.29) is 17.3 Å². The van der Waals surface area contributed by atoms with Crippen LogP contribution in [-0.4, -0.2) is 51.7 Å². The summed E-state index contributed by atoms with van der Waals surface area (Å²) in [7, 11) is 1.97. The number of aryl methyl sites for hydroxylation is 1. The van der Waals surface area contributed by atoms with Crippen LogP contribution >= 0.6 is 0 Å². The summed E-state index contributed by atoms with van der Waals surface area (Å²) in [6.45, 7) is 5.48. The van der Waals surface area contributed by atoms with Crippen LogP contribution in [0.2, 0.25) is 0 Å². The molecule has 1 aromatic heterocycles. The molecule has 0 radical (unpaired) electrons. The Balaban J connectivity index is 1.99. The third-order valence-electron chi connectivity index (χ3n) is 3.55. The zero-order valence-electron chi connectivity index (χ0n) is 10.6. The van der Waals surface area contributed by atoms with Crippen LogP contribution in [0.4, 0.5) is 0 Å². The lowest BCUT2D eigenvalue weighted by Crippen LogP contribution is -2.51. The number of aromatic nitrogens is 3. The molecule has 0 aliphatic carbocycles. The molecule has 1 aliphatic heterocycles. The van der Waals surface area contributed by atoms with Crippen LogP contribution in [0.15, 0.2) is 0 Å². The van der Waals surface area contributed by atoms with Gasteiger partial charge in [-0.05, 0) is 33.7 Å². The highest BCUT2D eigenvalue weighted by molar-refractivity contribution is 5.90. The molecule has 0 unspecified atom stereocenters. The number of H-pyrrole nitrogens is 1. The van der Waals surface area contributed by atoms with E-state index in [2.05, 4.69) is 27.4 Å². The predicted octanol–water partition coefficient (Wildman–Crippen LogP) is 0.327. The zero-order chi connectivity index (χ0) is 12.5. The van der Waals surface area contributed by atoms with Gasteiger partial charge in [0, 0.05) is 18.6 Å². The van der Waals surface area contributed by atoms with E-state index < -0.39 is 0 Å². The van der Waals surface area contributed by atoms with Gasteiger partial charge >= 0.3 is 0 Å². The monoisotopic (exact) mass is 237 g/mol. The maximum Gasteiger partial charge on any atom is 0.293 e. The number of carbonyl (C=O) groups excluding carboxylic acids is 1. The minimum atomic E-state index is -0.0764.